The van der Waals surface area contributed by atoms with E-state index in [1.165, 1.54) is 11.6 Å². The van der Waals surface area contributed by atoms with E-state index >= 15 is 0 Å². The maximum absolute atomic E-state index is 13.8. The number of halogens is 1. The third-order valence-electron chi connectivity index (χ3n) is 5.45. The van der Waals surface area contributed by atoms with E-state index < -0.39 is 5.82 Å². The summed E-state index contributed by atoms with van der Waals surface area (Å²) >= 11 is 0. The molecule has 1 aliphatic heterocycles. The Kier molecular flexibility index (Phi) is 5.79. The number of para-hydroxylation sites is 1. The number of rotatable bonds is 4. The van der Waals surface area contributed by atoms with Crippen LogP contribution in [-0.4, -0.2) is 34.2 Å². The first-order valence-corrected chi connectivity index (χ1v) is 10.3. The van der Waals surface area contributed by atoms with Crippen LogP contribution in [0.15, 0.2) is 53.1 Å². The highest BCUT2D eigenvalue weighted by Gasteiger charge is 2.29. The first-order valence-electron chi connectivity index (χ1n) is 10.3. The maximum Gasteiger partial charge on any atom is 0.321 e. The summed E-state index contributed by atoms with van der Waals surface area (Å²) in [6.07, 6.45) is 1.67. The van der Waals surface area contributed by atoms with Crippen LogP contribution in [0.3, 0.4) is 0 Å². The van der Waals surface area contributed by atoms with E-state index in [4.69, 9.17) is 4.52 Å². The van der Waals surface area contributed by atoms with Crippen molar-refractivity contribution in [1.29, 1.82) is 0 Å². The normalized spacial score (nSPS) is 16.7. The zero-order valence-corrected chi connectivity index (χ0v) is 17.1. The van der Waals surface area contributed by atoms with Gasteiger partial charge in [-0.15, -0.1) is 0 Å². The van der Waals surface area contributed by atoms with Gasteiger partial charge in [-0.25, -0.2) is 9.18 Å². The van der Waals surface area contributed by atoms with Gasteiger partial charge >= 0.3 is 6.03 Å². The van der Waals surface area contributed by atoms with Gasteiger partial charge in [-0.3, -0.25) is 0 Å². The van der Waals surface area contributed by atoms with Crippen LogP contribution in [0.5, 0.6) is 0 Å². The molecule has 0 unspecified atom stereocenters. The molecule has 1 atom stereocenters. The summed E-state index contributed by atoms with van der Waals surface area (Å²) in [6, 6.07) is 14.0. The molecule has 2 heterocycles. The number of hydrogen-bond donors (Lipinski definition) is 1. The Morgan fingerprint density at radius 2 is 1.97 bits per heavy atom. The SMILES string of the molecule is CC(C)c1ccc(-c2noc([C@@H]3CCCN(C(=O)Nc4ccccc4F)C3)n2)cc1. The van der Waals surface area contributed by atoms with E-state index in [0.717, 1.165) is 18.4 Å². The van der Waals surface area contributed by atoms with E-state index in [1.807, 2.05) is 12.1 Å². The van der Waals surface area contributed by atoms with Gasteiger partial charge in [0.2, 0.25) is 11.7 Å². The number of anilines is 1. The van der Waals surface area contributed by atoms with Crippen molar-refractivity contribution in [2.45, 2.75) is 38.5 Å². The molecule has 2 amide bonds. The molecule has 0 bridgehead atoms. The standard InChI is InChI=1S/C23H25FN4O2/c1-15(2)16-9-11-17(12-10-16)21-26-22(30-27-21)18-6-5-13-28(14-18)23(29)25-20-8-4-3-7-19(20)24/h3-4,7-12,15,18H,5-6,13-14H2,1-2H3,(H,25,29)/t18-/m1/s1. The van der Waals surface area contributed by atoms with Crippen LogP contribution in [0.1, 0.15) is 50.0 Å². The van der Waals surface area contributed by atoms with Crippen LogP contribution >= 0.6 is 0 Å². The number of likely N-dealkylation sites (tertiary alicyclic amines) is 1. The topological polar surface area (TPSA) is 71.3 Å². The molecule has 30 heavy (non-hydrogen) atoms. The lowest BCUT2D eigenvalue weighted by Gasteiger charge is -2.31. The second kappa shape index (κ2) is 8.65. The van der Waals surface area contributed by atoms with Crippen molar-refractivity contribution in [2.75, 3.05) is 18.4 Å². The lowest BCUT2D eigenvalue weighted by molar-refractivity contribution is 0.184. The summed E-state index contributed by atoms with van der Waals surface area (Å²) in [5.74, 6) is 1.05. The lowest BCUT2D eigenvalue weighted by atomic mass is 9.98. The molecule has 4 rings (SSSR count). The second-order valence-corrected chi connectivity index (χ2v) is 7.93. The molecule has 1 aromatic heterocycles. The lowest BCUT2D eigenvalue weighted by Crippen LogP contribution is -2.41. The van der Waals surface area contributed by atoms with E-state index in [1.54, 1.807) is 23.1 Å². The quantitative estimate of drug-likeness (QED) is 0.626. The number of benzene rings is 2. The molecule has 7 heteroatoms. The summed E-state index contributed by atoms with van der Waals surface area (Å²) in [5, 5.41) is 6.77. The molecule has 0 saturated carbocycles. The summed E-state index contributed by atoms with van der Waals surface area (Å²) in [4.78, 5) is 18.8. The number of piperidine rings is 1. The third kappa shape index (κ3) is 4.35. The molecule has 3 aromatic rings. The Morgan fingerprint density at radius 1 is 1.20 bits per heavy atom. The van der Waals surface area contributed by atoms with Gasteiger partial charge in [-0.1, -0.05) is 55.4 Å². The van der Waals surface area contributed by atoms with Gasteiger partial charge < -0.3 is 14.7 Å². The van der Waals surface area contributed by atoms with Crippen molar-refractivity contribution >= 4 is 11.7 Å². The van der Waals surface area contributed by atoms with Crippen molar-refractivity contribution in [1.82, 2.24) is 15.0 Å². The highest BCUT2D eigenvalue weighted by molar-refractivity contribution is 5.89. The van der Waals surface area contributed by atoms with E-state index in [0.29, 0.717) is 30.7 Å². The molecule has 1 saturated heterocycles. The monoisotopic (exact) mass is 408 g/mol. The largest absolute Gasteiger partial charge is 0.339 e. The fourth-order valence-electron chi connectivity index (χ4n) is 3.66. The minimum absolute atomic E-state index is 0.0405. The number of hydrogen-bond acceptors (Lipinski definition) is 4. The third-order valence-corrected chi connectivity index (χ3v) is 5.45. The molecule has 1 N–H and O–H groups in total. The molecule has 0 spiro atoms. The van der Waals surface area contributed by atoms with Crippen LogP contribution in [0.25, 0.3) is 11.4 Å². The summed E-state index contributed by atoms with van der Waals surface area (Å²) < 4.78 is 19.3. The molecule has 1 fully saturated rings. The van der Waals surface area contributed by atoms with Gasteiger partial charge in [0, 0.05) is 18.7 Å². The van der Waals surface area contributed by atoms with Crippen LogP contribution in [-0.2, 0) is 0 Å². The minimum atomic E-state index is -0.454. The van der Waals surface area contributed by atoms with Gasteiger partial charge in [-0.05, 0) is 36.5 Å². The number of amides is 2. The highest BCUT2D eigenvalue weighted by Crippen LogP contribution is 2.28. The van der Waals surface area contributed by atoms with Crippen molar-refractivity contribution in [3.63, 3.8) is 0 Å². The van der Waals surface area contributed by atoms with E-state index in [2.05, 4.69) is 41.4 Å². The summed E-state index contributed by atoms with van der Waals surface area (Å²) in [5.41, 5.74) is 2.33. The predicted octanol–water partition coefficient (Wildman–Crippen LogP) is 5.41. The number of nitrogens with zero attached hydrogens (tertiary/aromatic N) is 3. The van der Waals surface area contributed by atoms with Crippen molar-refractivity contribution in [3.8, 4) is 11.4 Å². The molecule has 0 aliphatic carbocycles. The van der Waals surface area contributed by atoms with Crippen LogP contribution in [0, 0.1) is 5.82 Å². The molecular formula is C23H25FN4O2. The molecular weight excluding hydrogens is 383 g/mol. The maximum atomic E-state index is 13.8. The van der Waals surface area contributed by atoms with Gasteiger partial charge in [0.1, 0.15) is 5.82 Å². The number of urea groups is 1. The average Bonchev–Trinajstić information content (AvgIpc) is 3.26. The van der Waals surface area contributed by atoms with Gasteiger partial charge in [0.05, 0.1) is 11.6 Å². The number of nitrogens with one attached hydrogen (secondary N) is 1. The van der Waals surface area contributed by atoms with Crippen LogP contribution in [0.2, 0.25) is 0 Å². The Bertz CT molecular complexity index is 1020. The van der Waals surface area contributed by atoms with Crippen molar-refractivity contribution in [3.05, 3.63) is 65.8 Å². The number of aromatic nitrogens is 2. The molecule has 156 valence electrons. The van der Waals surface area contributed by atoms with Crippen molar-refractivity contribution < 1.29 is 13.7 Å². The van der Waals surface area contributed by atoms with Crippen LogP contribution in [0.4, 0.5) is 14.9 Å². The highest BCUT2D eigenvalue weighted by atomic mass is 19.1. The van der Waals surface area contributed by atoms with E-state index in [-0.39, 0.29) is 17.6 Å². The first kappa shape index (κ1) is 20.1. The molecule has 0 radical (unpaired) electrons. The summed E-state index contributed by atoms with van der Waals surface area (Å²) in [6.45, 7) is 5.36. The first-order chi connectivity index (χ1) is 14.5. The molecule has 6 nitrogen and oxygen atoms in total. The smallest absolute Gasteiger partial charge is 0.321 e. The van der Waals surface area contributed by atoms with Gasteiger partial charge in [0.15, 0.2) is 0 Å². The Balaban J connectivity index is 1.43. The Hall–Kier alpha value is -3.22. The predicted molar refractivity (Wildman–Crippen MR) is 113 cm³/mol. The Labute approximate surface area is 175 Å². The number of carbonyl (C=O) groups is 1. The zero-order chi connectivity index (χ0) is 21.1. The zero-order valence-electron chi connectivity index (χ0n) is 17.1. The molecule has 2 aromatic carbocycles. The van der Waals surface area contributed by atoms with Gasteiger partial charge in [0.25, 0.3) is 0 Å². The second-order valence-electron chi connectivity index (χ2n) is 7.93. The van der Waals surface area contributed by atoms with Crippen molar-refractivity contribution in [2.24, 2.45) is 0 Å². The fourth-order valence-corrected chi connectivity index (χ4v) is 3.66. The van der Waals surface area contributed by atoms with Crippen LogP contribution < -0.4 is 5.32 Å². The average molecular weight is 408 g/mol. The van der Waals surface area contributed by atoms with Gasteiger partial charge in [-0.2, -0.15) is 4.98 Å². The summed E-state index contributed by atoms with van der Waals surface area (Å²) in [7, 11) is 0. The minimum Gasteiger partial charge on any atom is -0.339 e. The molecule has 1 aliphatic rings. The fraction of sp³-hybridized carbons (Fsp3) is 0.348. The Morgan fingerprint density at radius 3 is 2.70 bits per heavy atom. The number of carbonyl (C=O) groups excluding carboxylic acids is 1. The van der Waals surface area contributed by atoms with E-state index in [9.17, 15) is 9.18 Å².